The molecule has 0 aliphatic rings. The molecule has 0 fully saturated rings. The fraction of sp³-hybridized carbons (Fsp3) is 0.0667. The average molecular weight is 267 g/mol. The summed E-state index contributed by atoms with van der Waals surface area (Å²) in [5.41, 5.74) is 7.08. The first-order chi connectivity index (χ1) is 9.63. The topological polar surface area (TPSA) is 82.8 Å². The molecular weight excluding hydrogens is 257 g/mol. The molecule has 0 spiro atoms. The summed E-state index contributed by atoms with van der Waals surface area (Å²) in [6, 6.07) is 12.4. The van der Waals surface area contributed by atoms with Crippen LogP contribution in [0.15, 0.2) is 36.4 Å². The van der Waals surface area contributed by atoms with Crippen LogP contribution in [0.1, 0.15) is 16.7 Å². The number of nitrogens with zero attached hydrogens (tertiary/aromatic N) is 2. The SMILES string of the molecule is N#Cc1ccc(F)cc1COc1ccc(N)cc1C#N. The Bertz CT molecular complexity index is 729. The lowest BCUT2D eigenvalue weighted by Gasteiger charge is -2.09. The standard InChI is InChI=1S/C15H10FN3O/c16-13-2-1-10(7-17)12(5-13)9-20-15-4-3-14(19)6-11(15)8-18/h1-6H,9,19H2. The van der Waals surface area contributed by atoms with Gasteiger partial charge in [-0.05, 0) is 36.4 Å². The quantitative estimate of drug-likeness (QED) is 0.867. The Kier molecular flexibility index (Phi) is 3.83. The normalized spacial score (nSPS) is 9.55. The highest BCUT2D eigenvalue weighted by Gasteiger charge is 2.08. The molecule has 4 nitrogen and oxygen atoms in total. The second-order valence-corrected chi connectivity index (χ2v) is 4.07. The van der Waals surface area contributed by atoms with Gasteiger partial charge in [0.25, 0.3) is 0 Å². The summed E-state index contributed by atoms with van der Waals surface area (Å²) in [6.45, 7) is -0.000743. The van der Waals surface area contributed by atoms with Crippen molar-refractivity contribution in [2.24, 2.45) is 0 Å². The maximum absolute atomic E-state index is 13.2. The van der Waals surface area contributed by atoms with E-state index < -0.39 is 5.82 Å². The zero-order valence-electron chi connectivity index (χ0n) is 10.4. The van der Waals surface area contributed by atoms with Crippen LogP contribution in [0.4, 0.5) is 10.1 Å². The number of anilines is 1. The van der Waals surface area contributed by atoms with Crippen LogP contribution in [0.5, 0.6) is 5.75 Å². The van der Waals surface area contributed by atoms with Gasteiger partial charge in [-0.3, -0.25) is 0 Å². The van der Waals surface area contributed by atoms with Gasteiger partial charge in [-0.15, -0.1) is 0 Å². The van der Waals surface area contributed by atoms with Gasteiger partial charge in [0.05, 0.1) is 17.2 Å². The number of nitriles is 2. The monoisotopic (exact) mass is 267 g/mol. The molecule has 0 heterocycles. The third-order valence-electron chi connectivity index (χ3n) is 2.69. The molecule has 0 radical (unpaired) electrons. The molecule has 20 heavy (non-hydrogen) atoms. The van der Waals surface area contributed by atoms with E-state index in [0.717, 1.165) is 0 Å². The lowest BCUT2D eigenvalue weighted by atomic mass is 10.1. The van der Waals surface area contributed by atoms with E-state index in [-0.39, 0.29) is 6.61 Å². The molecule has 98 valence electrons. The first-order valence-electron chi connectivity index (χ1n) is 5.75. The molecular formula is C15H10FN3O. The molecule has 0 aliphatic carbocycles. The lowest BCUT2D eigenvalue weighted by Crippen LogP contribution is -2.01. The van der Waals surface area contributed by atoms with Crippen LogP contribution in [0.25, 0.3) is 0 Å². The summed E-state index contributed by atoms with van der Waals surface area (Å²) in [5, 5.41) is 17.9. The number of rotatable bonds is 3. The van der Waals surface area contributed by atoms with Crippen molar-refractivity contribution in [2.45, 2.75) is 6.61 Å². The van der Waals surface area contributed by atoms with E-state index in [9.17, 15) is 4.39 Å². The lowest BCUT2D eigenvalue weighted by molar-refractivity contribution is 0.304. The third kappa shape index (κ3) is 2.85. The maximum Gasteiger partial charge on any atom is 0.137 e. The van der Waals surface area contributed by atoms with Crippen molar-refractivity contribution in [1.82, 2.24) is 0 Å². The highest BCUT2D eigenvalue weighted by atomic mass is 19.1. The van der Waals surface area contributed by atoms with Crippen LogP contribution in [-0.2, 0) is 6.61 Å². The van der Waals surface area contributed by atoms with Gasteiger partial charge < -0.3 is 10.5 Å². The van der Waals surface area contributed by atoms with E-state index in [4.69, 9.17) is 21.0 Å². The van der Waals surface area contributed by atoms with Gasteiger partial charge in [0, 0.05) is 11.3 Å². The number of halogens is 1. The highest BCUT2D eigenvalue weighted by Crippen LogP contribution is 2.22. The molecule has 0 bridgehead atoms. The summed E-state index contributed by atoms with van der Waals surface area (Å²) >= 11 is 0. The fourth-order valence-electron chi connectivity index (χ4n) is 1.71. The van der Waals surface area contributed by atoms with Crippen LogP contribution in [0, 0.1) is 28.5 Å². The molecule has 0 atom stereocenters. The number of hydrogen-bond donors (Lipinski definition) is 1. The minimum Gasteiger partial charge on any atom is -0.487 e. The van der Waals surface area contributed by atoms with Crippen molar-refractivity contribution in [3.05, 3.63) is 58.9 Å². The second kappa shape index (κ2) is 5.73. The van der Waals surface area contributed by atoms with Gasteiger partial charge in [0.2, 0.25) is 0 Å². The Hall–Kier alpha value is -3.05. The van der Waals surface area contributed by atoms with E-state index in [1.165, 1.54) is 24.3 Å². The molecule has 5 heteroatoms. The molecule has 0 aromatic heterocycles. The summed E-state index contributed by atoms with van der Waals surface area (Å²) in [5.74, 6) is -0.102. The van der Waals surface area contributed by atoms with Crippen LogP contribution in [0.3, 0.4) is 0 Å². The number of ether oxygens (including phenoxy) is 1. The van der Waals surface area contributed by atoms with Crippen LogP contribution >= 0.6 is 0 Å². The average Bonchev–Trinajstić information content (AvgIpc) is 2.46. The Morgan fingerprint density at radius 3 is 2.50 bits per heavy atom. The molecule has 2 aromatic rings. The molecule has 0 saturated carbocycles. The molecule has 2 N–H and O–H groups in total. The summed E-state index contributed by atoms with van der Waals surface area (Å²) < 4.78 is 18.6. The van der Waals surface area contributed by atoms with Crippen LogP contribution < -0.4 is 10.5 Å². The summed E-state index contributed by atoms with van der Waals surface area (Å²) in [6.07, 6.45) is 0. The Morgan fingerprint density at radius 1 is 1.05 bits per heavy atom. The van der Waals surface area contributed by atoms with Crippen LogP contribution in [-0.4, -0.2) is 0 Å². The first kappa shape index (κ1) is 13.4. The van der Waals surface area contributed by atoms with E-state index in [1.807, 2.05) is 12.1 Å². The van der Waals surface area contributed by atoms with Crippen molar-refractivity contribution in [3.8, 4) is 17.9 Å². The molecule has 2 aromatic carbocycles. The number of hydrogen-bond acceptors (Lipinski definition) is 4. The molecule has 2 rings (SSSR count). The summed E-state index contributed by atoms with van der Waals surface area (Å²) in [4.78, 5) is 0. The Morgan fingerprint density at radius 2 is 1.80 bits per heavy atom. The van der Waals surface area contributed by atoms with Crippen LogP contribution in [0.2, 0.25) is 0 Å². The van der Waals surface area contributed by atoms with Gasteiger partial charge >= 0.3 is 0 Å². The molecule has 0 amide bonds. The van der Waals surface area contributed by atoms with Crippen molar-refractivity contribution in [3.63, 3.8) is 0 Å². The highest BCUT2D eigenvalue weighted by molar-refractivity contribution is 5.53. The van der Waals surface area contributed by atoms with Gasteiger partial charge in [-0.25, -0.2) is 4.39 Å². The maximum atomic E-state index is 13.2. The van der Waals surface area contributed by atoms with Crippen molar-refractivity contribution >= 4 is 5.69 Å². The van der Waals surface area contributed by atoms with E-state index in [2.05, 4.69) is 0 Å². The van der Waals surface area contributed by atoms with Gasteiger partial charge in [-0.2, -0.15) is 10.5 Å². The zero-order valence-corrected chi connectivity index (χ0v) is 10.4. The van der Waals surface area contributed by atoms with Crippen molar-refractivity contribution in [2.75, 3.05) is 5.73 Å². The largest absolute Gasteiger partial charge is 0.487 e. The predicted molar refractivity (Wildman–Crippen MR) is 71.0 cm³/mol. The third-order valence-corrected chi connectivity index (χ3v) is 2.69. The summed E-state index contributed by atoms with van der Waals surface area (Å²) in [7, 11) is 0. The van der Waals surface area contributed by atoms with Crippen molar-refractivity contribution < 1.29 is 9.13 Å². The minimum atomic E-state index is -0.444. The second-order valence-electron chi connectivity index (χ2n) is 4.07. The number of nitrogens with two attached hydrogens (primary N) is 1. The van der Waals surface area contributed by atoms with E-state index >= 15 is 0 Å². The molecule has 0 aliphatic heterocycles. The number of nitrogen functional groups attached to an aromatic ring is 1. The Labute approximate surface area is 115 Å². The Balaban J connectivity index is 2.24. The van der Waals surface area contributed by atoms with E-state index in [1.54, 1.807) is 12.1 Å². The van der Waals surface area contributed by atoms with E-state index in [0.29, 0.717) is 28.1 Å². The first-order valence-corrected chi connectivity index (χ1v) is 5.75. The fourth-order valence-corrected chi connectivity index (χ4v) is 1.71. The zero-order chi connectivity index (χ0) is 14.5. The van der Waals surface area contributed by atoms with Gasteiger partial charge in [-0.1, -0.05) is 0 Å². The minimum absolute atomic E-state index is 0.000743. The molecule has 0 saturated heterocycles. The van der Waals surface area contributed by atoms with Gasteiger partial charge in [0.15, 0.2) is 0 Å². The molecule has 0 unspecified atom stereocenters. The van der Waals surface area contributed by atoms with Gasteiger partial charge in [0.1, 0.15) is 24.2 Å². The van der Waals surface area contributed by atoms with Crippen molar-refractivity contribution in [1.29, 1.82) is 10.5 Å². The number of benzene rings is 2. The smallest absolute Gasteiger partial charge is 0.137 e. The predicted octanol–water partition coefficient (Wildman–Crippen LogP) is 2.73.